The second kappa shape index (κ2) is 18.6. The molecule has 6 aromatic carbocycles. The van der Waals surface area contributed by atoms with E-state index in [9.17, 15) is 24.0 Å². The smallest absolute Gasteiger partial charge is 0.452 e. The van der Waals surface area contributed by atoms with Crippen LogP contribution < -0.4 is 0 Å². The summed E-state index contributed by atoms with van der Waals surface area (Å²) in [5.74, 6) is -3.80. The SMILES string of the molecule is O=C(OCC1c2ccccc2-c2ccccc21)OC[C@H]1OC(OC(=O)c2ccccc2)[C@H](OC(=O)c2ccccc2)[C@@H](OC(=O)c2ccccc2)[C@H]1OC(=O)c1ccccc1. The average molecular weight is 819 g/mol. The minimum absolute atomic E-state index is 0.0586. The number of carbonyl (C=O) groups is 5. The van der Waals surface area contributed by atoms with E-state index in [2.05, 4.69) is 0 Å². The fourth-order valence-corrected chi connectivity index (χ4v) is 7.34. The Labute approximate surface area is 350 Å². The van der Waals surface area contributed by atoms with Crippen LogP contribution in [0.25, 0.3) is 11.1 Å². The standard InChI is InChI=1S/C49H38O12/c50-44(31-17-5-1-6-18-31)58-41-40(30-56-49(54)55-29-39-37-27-15-13-25-35(37)36-26-14-16-28-38(36)39)57-48(61-47(53)34-23-11-4-12-24-34)43(60-46(52)33-21-9-3-10-22-33)42(41)59-45(51)32-19-7-2-8-20-32/h1-28,39-43,48H,29-30H2/t40-,41+,42+,43-,48?/m1/s1. The largest absolute Gasteiger partial charge is 0.508 e. The lowest BCUT2D eigenvalue weighted by atomic mass is 9.97. The summed E-state index contributed by atoms with van der Waals surface area (Å²) < 4.78 is 41.6. The Bertz CT molecular complexity index is 2450. The number of ether oxygens (including phenoxy) is 7. The predicted molar refractivity (Wildman–Crippen MR) is 218 cm³/mol. The molecule has 1 unspecified atom stereocenters. The van der Waals surface area contributed by atoms with Crippen molar-refractivity contribution in [2.45, 2.75) is 36.6 Å². The lowest BCUT2D eigenvalue weighted by molar-refractivity contribution is -0.283. The third kappa shape index (κ3) is 9.19. The van der Waals surface area contributed by atoms with Gasteiger partial charge in [0.05, 0.1) is 22.3 Å². The number of hydrogen-bond acceptors (Lipinski definition) is 12. The van der Waals surface area contributed by atoms with Gasteiger partial charge in [-0.2, -0.15) is 0 Å². The number of hydrogen-bond donors (Lipinski definition) is 0. The Kier molecular flexibility index (Phi) is 12.2. The highest BCUT2D eigenvalue weighted by Crippen LogP contribution is 2.44. The van der Waals surface area contributed by atoms with Gasteiger partial charge < -0.3 is 33.2 Å². The molecule has 306 valence electrons. The number of benzene rings is 6. The molecule has 6 aromatic rings. The maximum atomic E-state index is 13.9. The first-order valence-electron chi connectivity index (χ1n) is 19.5. The molecule has 12 heteroatoms. The van der Waals surface area contributed by atoms with Gasteiger partial charge in [-0.3, -0.25) is 0 Å². The van der Waals surface area contributed by atoms with Crippen molar-refractivity contribution >= 4 is 30.0 Å². The molecule has 1 aliphatic heterocycles. The van der Waals surface area contributed by atoms with Crippen molar-refractivity contribution in [3.8, 4) is 11.1 Å². The van der Waals surface area contributed by atoms with E-state index in [1.165, 1.54) is 48.5 Å². The van der Waals surface area contributed by atoms with E-state index in [0.29, 0.717) is 0 Å². The molecule has 0 bridgehead atoms. The van der Waals surface area contributed by atoms with Crippen LogP contribution in [0.2, 0.25) is 0 Å². The van der Waals surface area contributed by atoms with Crippen LogP contribution in [0.5, 0.6) is 0 Å². The molecule has 1 saturated heterocycles. The van der Waals surface area contributed by atoms with Gasteiger partial charge in [0.15, 0.2) is 12.2 Å². The van der Waals surface area contributed by atoms with Crippen LogP contribution in [0.1, 0.15) is 58.5 Å². The average Bonchev–Trinajstić information content (AvgIpc) is 3.63. The van der Waals surface area contributed by atoms with Gasteiger partial charge in [0.1, 0.15) is 19.3 Å². The molecular weight excluding hydrogens is 781 g/mol. The summed E-state index contributed by atoms with van der Waals surface area (Å²) in [5, 5.41) is 0. The molecule has 5 atom stereocenters. The molecule has 2 aliphatic rings. The van der Waals surface area contributed by atoms with Gasteiger partial charge >= 0.3 is 30.0 Å². The Hall–Kier alpha value is -7.57. The zero-order valence-electron chi connectivity index (χ0n) is 32.4. The Morgan fingerprint density at radius 3 is 1.21 bits per heavy atom. The van der Waals surface area contributed by atoms with E-state index in [0.717, 1.165) is 22.3 Å². The molecule has 0 saturated carbocycles. The zero-order chi connectivity index (χ0) is 42.1. The maximum Gasteiger partial charge on any atom is 0.508 e. The van der Waals surface area contributed by atoms with E-state index >= 15 is 0 Å². The fourth-order valence-electron chi connectivity index (χ4n) is 7.34. The van der Waals surface area contributed by atoms with Gasteiger partial charge in [-0.15, -0.1) is 0 Å². The summed E-state index contributed by atoms with van der Waals surface area (Å²) in [5.41, 5.74) is 4.52. The molecular formula is C49H38O12. The van der Waals surface area contributed by atoms with E-state index in [1.807, 2.05) is 48.5 Å². The van der Waals surface area contributed by atoms with Crippen LogP contribution in [-0.2, 0) is 33.2 Å². The number of esters is 4. The van der Waals surface area contributed by atoms with Crippen molar-refractivity contribution in [2.24, 2.45) is 0 Å². The highest BCUT2D eigenvalue weighted by molar-refractivity contribution is 5.92. The van der Waals surface area contributed by atoms with Crippen LogP contribution in [0.4, 0.5) is 4.79 Å². The first-order valence-corrected chi connectivity index (χ1v) is 19.5. The number of fused-ring (bicyclic) bond motifs is 3. The first-order chi connectivity index (χ1) is 29.8. The number of rotatable bonds is 12. The third-order valence-corrected chi connectivity index (χ3v) is 10.3. The number of carbonyl (C=O) groups excluding carboxylic acids is 5. The monoisotopic (exact) mass is 818 g/mol. The second-order valence-electron chi connectivity index (χ2n) is 14.1. The van der Waals surface area contributed by atoms with Gasteiger partial charge in [-0.05, 0) is 70.8 Å². The molecule has 1 fully saturated rings. The third-order valence-electron chi connectivity index (χ3n) is 10.3. The molecule has 0 amide bonds. The molecule has 1 aliphatic carbocycles. The van der Waals surface area contributed by atoms with Crippen LogP contribution in [0, 0.1) is 0 Å². The van der Waals surface area contributed by atoms with Crippen molar-refractivity contribution in [1.82, 2.24) is 0 Å². The van der Waals surface area contributed by atoms with Crippen molar-refractivity contribution in [1.29, 1.82) is 0 Å². The van der Waals surface area contributed by atoms with Gasteiger partial charge in [0.25, 0.3) is 0 Å². The lowest BCUT2D eigenvalue weighted by Crippen LogP contribution is -2.63. The van der Waals surface area contributed by atoms with Crippen molar-refractivity contribution in [3.05, 3.63) is 203 Å². The van der Waals surface area contributed by atoms with Gasteiger partial charge in [0, 0.05) is 5.92 Å². The quantitative estimate of drug-likeness (QED) is 0.0865. The summed E-state index contributed by atoms with van der Waals surface area (Å²) in [4.78, 5) is 68.5. The van der Waals surface area contributed by atoms with Gasteiger partial charge in [-0.25, -0.2) is 24.0 Å². The van der Waals surface area contributed by atoms with Gasteiger partial charge in [-0.1, -0.05) is 121 Å². The first kappa shape index (κ1) is 40.2. The van der Waals surface area contributed by atoms with Crippen molar-refractivity contribution < 1.29 is 57.1 Å². The van der Waals surface area contributed by atoms with E-state index < -0.39 is 67.3 Å². The predicted octanol–water partition coefficient (Wildman–Crippen LogP) is 8.21. The summed E-state index contributed by atoms with van der Waals surface area (Å²) >= 11 is 0. The molecule has 0 N–H and O–H groups in total. The highest BCUT2D eigenvalue weighted by atomic mass is 16.8. The van der Waals surface area contributed by atoms with Crippen LogP contribution >= 0.6 is 0 Å². The molecule has 0 aromatic heterocycles. The van der Waals surface area contributed by atoms with Crippen LogP contribution in [-0.4, -0.2) is 74.0 Å². The normalized spacial score (nSPS) is 19.0. The topological polar surface area (TPSA) is 150 Å². The second-order valence-corrected chi connectivity index (χ2v) is 14.1. The Morgan fingerprint density at radius 1 is 0.393 bits per heavy atom. The minimum atomic E-state index is -1.79. The van der Waals surface area contributed by atoms with Crippen molar-refractivity contribution in [3.63, 3.8) is 0 Å². The van der Waals surface area contributed by atoms with Crippen LogP contribution in [0.3, 0.4) is 0 Å². The van der Waals surface area contributed by atoms with E-state index in [1.54, 1.807) is 72.8 Å². The molecule has 61 heavy (non-hydrogen) atoms. The summed E-state index contributed by atoms with van der Waals surface area (Å²) in [6, 6.07) is 47.5. The summed E-state index contributed by atoms with van der Waals surface area (Å²) in [7, 11) is 0. The highest BCUT2D eigenvalue weighted by Gasteiger charge is 2.55. The Balaban J connectivity index is 1.12. The molecule has 12 nitrogen and oxygen atoms in total. The molecule has 8 rings (SSSR count). The molecule has 0 spiro atoms. The minimum Gasteiger partial charge on any atom is -0.452 e. The van der Waals surface area contributed by atoms with E-state index in [-0.39, 0.29) is 34.8 Å². The maximum absolute atomic E-state index is 13.9. The molecule has 1 heterocycles. The summed E-state index contributed by atoms with van der Waals surface area (Å²) in [6.45, 7) is -0.710. The van der Waals surface area contributed by atoms with E-state index in [4.69, 9.17) is 33.2 Å². The molecule has 0 radical (unpaired) electrons. The fraction of sp³-hybridized carbons (Fsp3) is 0.163. The zero-order valence-corrected chi connectivity index (χ0v) is 32.4. The van der Waals surface area contributed by atoms with Crippen LogP contribution in [0.15, 0.2) is 170 Å². The summed E-state index contributed by atoms with van der Waals surface area (Å²) in [6.07, 6.45) is -9.41. The Morgan fingerprint density at radius 2 is 0.754 bits per heavy atom. The van der Waals surface area contributed by atoms with Crippen molar-refractivity contribution in [2.75, 3.05) is 13.2 Å². The van der Waals surface area contributed by atoms with Gasteiger partial charge in [0.2, 0.25) is 12.4 Å². The lowest BCUT2D eigenvalue weighted by Gasteiger charge is -2.43.